The molecule has 7 heteroatoms. The molecule has 0 aliphatic carbocycles. The third-order valence-electron chi connectivity index (χ3n) is 4.10. The predicted molar refractivity (Wildman–Crippen MR) is 109 cm³/mol. The van der Waals surface area contributed by atoms with Gasteiger partial charge in [-0.3, -0.25) is 9.00 Å². The molecular formula is C20H20O5S2. The number of hydrogen-bond acceptors (Lipinski definition) is 6. The topological polar surface area (TPSA) is 83.8 Å². The van der Waals surface area contributed by atoms with E-state index in [1.807, 2.05) is 17.5 Å². The fourth-order valence-electron chi connectivity index (χ4n) is 2.76. The van der Waals surface area contributed by atoms with Crippen LogP contribution in [0.15, 0.2) is 46.7 Å². The Balaban J connectivity index is 1.98. The van der Waals surface area contributed by atoms with Crippen molar-refractivity contribution >= 4 is 42.3 Å². The van der Waals surface area contributed by atoms with Crippen molar-refractivity contribution in [2.24, 2.45) is 0 Å². The van der Waals surface area contributed by atoms with Gasteiger partial charge in [-0.15, -0.1) is 11.3 Å². The number of rotatable bonds is 5. The van der Waals surface area contributed by atoms with E-state index < -0.39 is 9.52 Å². The zero-order valence-electron chi connectivity index (χ0n) is 15.0. The molecule has 1 atom stereocenters. The average molecular weight is 405 g/mol. The molecule has 142 valence electrons. The summed E-state index contributed by atoms with van der Waals surface area (Å²) in [7, 11) is -2.56. The number of thiophene rings is 1. The summed E-state index contributed by atoms with van der Waals surface area (Å²) in [5.41, 5.74) is 1.29. The summed E-state index contributed by atoms with van der Waals surface area (Å²) in [6.07, 6.45) is 1.82. The molecular weight excluding hydrogens is 384 g/mol. The third-order valence-corrected chi connectivity index (χ3v) is 6.99. The molecule has 5 nitrogen and oxygen atoms in total. The molecule has 1 heterocycles. The second kappa shape index (κ2) is 7.62. The molecule has 2 N–H and O–H groups in total. The van der Waals surface area contributed by atoms with Crippen molar-refractivity contribution in [1.82, 2.24) is 0 Å². The first-order valence-corrected chi connectivity index (χ1v) is 11.2. The maximum Gasteiger partial charge on any atom is 0.310 e. The van der Waals surface area contributed by atoms with Gasteiger partial charge in [0.2, 0.25) is 0 Å². The molecule has 0 amide bonds. The maximum absolute atomic E-state index is 13.2. The van der Waals surface area contributed by atoms with E-state index in [1.165, 1.54) is 34.9 Å². The van der Waals surface area contributed by atoms with E-state index in [4.69, 9.17) is 4.74 Å². The highest BCUT2D eigenvalue weighted by Crippen LogP contribution is 2.30. The fraction of sp³-hybridized carbons (Fsp3) is 0.200. The lowest BCUT2D eigenvalue weighted by Gasteiger charge is -2.08. The minimum absolute atomic E-state index is 0.0543. The van der Waals surface area contributed by atoms with Crippen LogP contribution in [0.2, 0.25) is 0 Å². The Hall–Kier alpha value is -2.51. The highest BCUT2D eigenvalue weighted by molar-refractivity contribution is 8.01. The number of fused-ring (bicyclic) bond motifs is 1. The highest BCUT2D eigenvalue weighted by Gasteiger charge is 2.13. The van der Waals surface area contributed by atoms with E-state index >= 15 is 0 Å². The van der Waals surface area contributed by atoms with Crippen LogP contribution in [0.25, 0.3) is 10.1 Å². The van der Waals surface area contributed by atoms with Crippen LogP contribution in [0.1, 0.15) is 18.1 Å². The first-order valence-electron chi connectivity index (χ1n) is 8.32. The van der Waals surface area contributed by atoms with Crippen LogP contribution < -0.4 is 0 Å². The lowest BCUT2D eigenvalue weighted by molar-refractivity contribution is -0.142. The number of ether oxygens (including phenoxy) is 1. The molecule has 0 bridgehead atoms. The van der Waals surface area contributed by atoms with Crippen LogP contribution >= 0.6 is 11.3 Å². The highest BCUT2D eigenvalue weighted by atomic mass is 32.2. The van der Waals surface area contributed by atoms with Gasteiger partial charge in [0.1, 0.15) is 11.5 Å². The van der Waals surface area contributed by atoms with Crippen LogP contribution in [0.4, 0.5) is 0 Å². The minimum Gasteiger partial charge on any atom is -0.508 e. The maximum atomic E-state index is 13.2. The van der Waals surface area contributed by atoms with Gasteiger partial charge < -0.3 is 14.9 Å². The number of esters is 1. The fourth-order valence-corrected chi connectivity index (χ4v) is 5.35. The summed E-state index contributed by atoms with van der Waals surface area (Å²) >= 11 is 1.49. The van der Waals surface area contributed by atoms with Crippen LogP contribution in [0, 0.1) is 0 Å². The number of carbonyl (C=O) groups is 1. The quantitative estimate of drug-likeness (QED) is 0.502. The Morgan fingerprint density at radius 2 is 2.00 bits per heavy atom. The number of carbonyl (C=O) groups excluding carboxylic acids is 1. The van der Waals surface area contributed by atoms with Crippen molar-refractivity contribution in [3.05, 3.63) is 52.9 Å². The number of phenolic OH excluding ortho intramolecular Hbond substituents is 2. The molecule has 0 aliphatic rings. The van der Waals surface area contributed by atoms with Gasteiger partial charge in [-0.2, -0.15) is 0 Å². The normalized spacial score (nSPS) is 13.3. The number of benzene rings is 2. The van der Waals surface area contributed by atoms with Crippen molar-refractivity contribution in [2.45, 2.75) is 18.2 Å². The van der Waals surface area contributed by atoms with Crippen LogP contribution in [-0.2, 0) is 25.5 Å². The monoisotopic (exact) mass is 404 g/mol. The summed E-state index contributed by atoms with van der Waals surface area (Å²) in [4.78, 5) is 12.4. The lowest BCUT2D eigenvalue weighted by Crippen LogP contribution is -2.07. The largest absolute Gasteiger partial charge is 0.508 e. The van der Waals surface area contributed by atoms with E-state index in [9.17, 15) is 19.2 Å². The zero-order chi connectivity index (χ0) is 19.6. The van der Waals surface area contributed by atoms with Gasteiger partial charge in [-0.05, 0) is 47.5 Å². The summed E-state index contributed by atoms with van der Waals surface area (Å²) in [5, 5.41) is 23.7. The number of aromatic hydroxyl groups is 2. The predicted octanol–water partition coefficient (Wildman–Crippen LogP) is 3.54. The standard InChI is InChI=1S/C20H20O5S2/c1-3-25-20(23)8-14-11-26-19-10-16(6-7-17(14)19)27(2,24)12-13-4-5-15(21)9-18(13)22/h4-7,9-12,21-22H,3,8H2,1-2H3. The second-order valence-electron chi connectivity index (χ2n) is 6.17. The Morgan fingerprint density at radius 3 is 2.70 bits per heavy atom. The Labute approximate surface area is 161 Å². The van der Waals surface area contributed by atoms with Gasteiger partial charge in [-0.1, -0.05) is 6.07 Å². The third kappa shape index (κ3) is 4.26. The Morgan fingerprint density at radius 1 is 1.22 bits per heavy atom. The molecule has 0 aliphatic heterocycles. The summed E-state index contributed by atoms with van der Waals surface area (Å²) < 4.78 is 19.1. The van der Waals surface area contributed by atoms with E-state index in [0.29, 0.717) is 17.1 Å². The van der Waals surface area contributed by atoms with Crippen LogP contribution in [0.3, 0.4) is 0 Å². The van der Waals surface area contributed by atoms with E-state index in [-0.39, 0.29) is 23.9 Å². The van der Waals surface area contributed by atoms with E-state index in [1.54, 1.807) is 19.2 Å². The summed E-state index contributed by atoms with van der Waals surface area (Å²) in [6.45, 7) is 2.12. The molecule has 0 spiro atoms. The van der Waals surface area contributed by atoms with Gasteiger partial charge >= 0.3 is 5.97 Å². The summed E-state index contributed by atoms with van der Waals surface area (Å²) in [5.74, 6) is -0.448. The van der Waals surface area contributed by atoms with Gasteiger partial charge in [0, 0.05) is 42.4 Å². The van der Waals surface area contributed by atoms with Crippen LogP contribution in [0.5, 0.6) is 11.5 Å². The number of phenols is 2. The van der Waals surface area contributed by atoms with E-state index in [0.717, 1.165) is 15.6 Å². The van der Waals surface area contributed by atoms with Gasteiger partial charge in [0.15, 0.2) is 0 Å². The second-order valence-corrected chi connectivity index (χ2v) is 9.59. The van der Waals surface area contributed by atoms with Crippen molar-refractivity contribution in [3.8, 4) is 11.5 Å². The molecule has 0 saturated carbocycles. The van der Waals surface area contributed by atoms with Crippen LogP contribution in [-0.4, -0.2) is 38.6 Å². The first kappa shape index (κ1) is 19.3. The van der Waals surface area contributed by atoms with Crippen molar-refractivity contribution < 1.29 is 24.0 Å². The molecule has 3 aromatic rings. The molecule has 3 rings (SSSR count). The number of hydrogen-bond donors (Lipinski definition) is 2. The first-order chi connectivity index (χ1) is 12.8. The lowest BCUT2D eigenvalue weighted by atomic mass is 10.1. The molecule has 27 heavy (non-hydrogen) atoms. The minimum atomic E-state index is -2.56. The van der Waals surface area contributed by atoms with Crippen molar-refractivity contribution in [3.63, 3.8) is 0 Å². The summed E-state index contributed by atoms with van der Waals surface area (Å²) in [6, 6.07) is 9.67. The van der Waals surface area contributed by atoms with Crippen molar-refractivity contribution in [2.75, 3.05) is 12.9 Å². The molecule has 2 aromatic carbocycles. The van der Waals surface area contributed by atoms with Gasteiger partial charge in [0.05, 0.1) is 13.0 Å². The Kier molecular flexibility index (Phi) is 5.43. The van der Waals surface area contributed by atoms with Gasteiger partial charge in [-0.25, -0.2) is 0 Å². The molecule has 0 fully saturated rings. The SMILES string of the molecule is CCOC(=O)Cc1csc2cc(S(C)(=O)=Cc3ccc(O)cc3O)ccc12. The molecule has 1 unspecified atom stereocenters. The zero-order valence-corrected chi connectivity index (χ0v) is 16.6. The average Bonchev–Trinajstić information content (AvgIpc) is 3.00. The van der Waals surface area contributed by atoms with Crippen molar-refractivity contribution in [1.29, 1.82) is 0 Å². The molecule has 0 radical (unpaired) electrons. The van der Waals surface area contributed by atoms with Gasteiger partial charge in [0.25, 0.3) is 0 Å². The smallest absolute Gasteiger partial charge is 0.310 e. The van der Waals surface area contributed by atoms with E-state index in [2.05, 4.69) is 0 Å². The molecule has 1 aromatic heterocycles. The molecule has 0 saturated heterocycles. The Bertz CT molecular complexity index is 1120.